The van der Waals surface area contributed by atoms with E-state index in [0.717, 1.165) is 22.6 Å². The van der Waals surface area contributed by atoms with Gasteiger partial charge >= 0.3 is 0 Å². The summed E-state index contributed by atoms with van der Waals surface area (Å²) in [5, 5.41) is 15.7. The lowest BCUT2D eigenvalue weighted by atomic mass is 10.2. The van der Waals surface area contributed by atoms with Gasteiger partial charge in [-0.05, 0) is 47.2 Å². The number of tetrazole rings is 1. The summed E-state index contributed by atoms with van der Waals surface area (Å²) in [5.74, 6) is 1.46. The molecule has 1 heterocycles. The van der Waals surface area contributed by atoms with Gasteiger partial charge in [-0.25, -0.2) is 0 Å². The van der Waals surface area contributed by atoms with Crippen molar-refractivity contribution in [1.29, 1.82) is 0 Å². The zero-order valence-electron chi connectivity index (χ0n) is 12.5. The molecular formula is C16H17N5O. The first-order valence-electron chi connectivity index (χ1n) is 6.97. The molecule has 0 spiro atoms. The molecule has 0 aliphatic carbocycles. The molecule has 6 nitrogen and oxygen atoms in total. The molecule has 0 atom stereocenters. The maximum atomic E-state index is 5.14. The first-order chi connectivity index (χ1) is 10.8. The highest BCUT2D eigenvalue weighted by molar-refractivity contribution is 5.58. The van der Waals surface area contributed by atoms with Gasteiger partial charge in [-0.15, -0.1) is 10.2 Å². The van der Waals surface area contributed by atoms with E-state index in [4.69, 9.17) is 4.74 Å². The second-order valence-corrected chi connectivity index (χ2v) is 4.82. The third kappa shape index (κ3) is 3.06. The average Bonchev–Trinajstić information content (AvgIpc) is 3.04. The van der Waals surface area contributed by atoms with Crippen LogP contribution in [0.3, 0.4) is 0 Å². The van der Waals surface area contributed by atoms with Gasteiger partial charge in [-0.2, -0.15) is 4.80 Å². The summed E-state index contributed by atoms with van der Waals surface area (Å²) < 4.78 is 5.14. The third-order valence-corrected chi connectivity index (χ3v) is 3.37. The Balaban J connectivity index is 1.74. The van der Waals surface area contributed by atoms with Crippen molar-refractivity contribution in [1.82, 2.24) is 20.2 Å². The molecule has 6 heteroatoms. The Labute approximate surface area is 128 Å². The fourth-order valence-corrected chi connectivity index (χ4v) is 2.11. The number of aromatic nitrogens is 4. The van der Waals surface area contributed by atoms with E-state index < -0.39 is 0 Å². The molecule has 0 bridgehead atoms. The summed E-state index contributed by atoms with van der Waals surface area (Å²) in [7, 11) is 3.54. The lowest BCUT2D eigenvalue weighted by Gasteiger charge is -2.02. The van der Waals surface area contributed by atoms with Crippen molar-refractivity contribution in [3.63, 3.8) is 0 Å². The Morgan fingerprint density at radius 3 is 2.41 bits per heavy atom. The van der Waals surface area contributed by atoms with Crippen LogP contribution < -0.4 is 10.1 Å². The predicted octanol–water partition coefficient (Wildman–Crippen LogP) is 2.44. The van der Waals surface area contributed by atoms with Crippen LogP contribution in [-0.2, 0) is 6.54 Å². The molecule has 0 saturated heterocycles. The number of methoxy groups -OCH3 is 1. The van der Waals surface area contributed by atoms with E-state index in [9.17, 15) is 0 Å². The van der Waals surface area contributed by atoms with Gasteiger partial charge in [-0.3, -0.25) is 0 Å². The predicted molar refractivity (Wildman–Crippen MR) is 84.9 cm³/mol. The highest BCUT2D eigenvalue weighted by Gasteiger charge is 2.06. The lowest BCUT2D eigenvalue weighted by Crippen LogP contribution is -2.03. The van der Waals surface area contributed by atoms with Crippen LogP contribution in [0, 0.1) is 0 Å². The van der Waals surface area contributed by atoms with Crippen LogP contribution in [-0.4, -0.2) is 34.4 Å². The summed E-state index contributed by atoms with van der Waals surface area (Å²) >= 11 is 0. The van der Waals surface area contributed by atoms with Gasteiger partial charge in [0.05, 0.1) is 13.7 Å². The second-order valence-electron chi connectivity index (χ2n) is 4.82. The van der Waals surface area contributed by atoms with Crippen molar-refractivity contribution < 1.29 is 4.74 Å². The molecule has 22 heavy (non-hydrogen) atoms. The molecule has 1 N–H and O–H groups in total. The topological polar surface area (TPSA) is 64.9 Å². The zero-order valence-corrected chi connectivity index (χ0v) is 12.5. The molecule has 0 amide bonds. The van der Waals surface area contributed by atoms with Crippen LogP contribution in [0.1, 0.15) is 5.56 Å². The average molecular weight is 295 g/mol. The van der Waals surface area contributed by atoms with Gasteiger partial charge in [0.2, 0.25) is 5.82 Å². The Morgan fingerprint density at radius 1 is 1.05 bits per heavy atom. The fraction of sp³-hybridized carbons (Fsp3) is 0.188. The molecule has 0 aliphatic rings. The minimum absolute atomic E-state index is 0.575. The number of hydrogen-bond donors (Lipinski definition) is 1. The smallest absolute Gasteiger partial charge is 0.204 e. The maximum absolute atomic E-state index is 5.14. The summed E-state index contributed by atoms with van der Waals surface area (Å²) in [6.45, 7) is 0.575. The molecule has 0 radical (unpaired) electrons. The largest absolute Gasteiger partial charge is 0.497 e. The molecule has 2 aromatic carbocycles. The molecule has 1 aromatic heterocycles. The van der Waals surface area contributed by atoms with Crippen LogP contribution in [0.5, 0.6) is 5.75 Å². The zero-order chi connectivity index (χ0) is 15.4. The molecule has 0 aliphatic heterocycles. The highest BCUT2D eigenvalue weighted by Crippen LogP contribution is 2.17. The van der Waals surface area contributed by atoms with E-state index >= 15 is 0 Å². The van der Waals surface area contributed by atoms with Crippen LogP contribution in [0.25, 0.3) is 11.4 Å². The van der Waals surface area contributed by atoms with E-state index in [1.807, 2.05) is 55.6 Å². The van der Waals surface area contributed by atoms with Crippen molar-refractivity contribution in [2.24, 2.45) is 0 Å². The van der Waals surface area contributed by atoms with Crippen molar-refractivity contribution in [2.75, 3.05) is 19.5 Å². The normalized spacial score (nSPS) is 10.5. The number of anilines is 1. The molecular weight excluding hydrogens is 278 g/mol. The van der Waals surface area contributed by atoms with E-state index in [0.29, 0.717) is 12.4 Å². The van der Waals surface area contributed by atoms with Gasteiger partial charge in [0.1, 0.15) is 5.75 Å². The van der Waals surface area contributed by atoms with Crippen LogP contribution in [0.15, 0.2) is 48.5 Å². The summed E-state index contributed by atoms with van der Waals surface area (Å²) in [6.07, 6.45) is 0. The van der Waals surface area contributed by atoms with Gasteiger partial charge < -0.3 is 10.1 Å². The molecule has 3 aromatic rings. The Morgan fingerprint density at radius 2 is 1.77 bits per heavy atom. The first kappa shape index (κ1) is 14.1. The van der Waals surface area contributed by atoms with Crippen molar-refractivity contribution in [3.05, 3.63) is 54.1 Å². The minimum Gasteiger partial charge on any atom is -0.497 e. The summed E-state index contributed by atoms with van der Waals surface area (Å²) in [5.41, 5.74) is 3.09. The maximum Gasteiger partial charge on any atom is 0.204 e. The molecule has 0 fully saturated rings. The van der Waals surface area contributed by atoms with Gasteiger partial charge in [0.25, 0.3) is 0 Å². The van der Waals surface area contributed by atoms with Gasteiger partial charge in [0, 0.05) is 18.3 Å². The monoisotopic (exact) mass is 295 g/mol. The van der Waals surface area contributed by atoms with Crippen molar-refractivity contribution in [3.8, 4) is 17.1 Å². The van der Waals surface area contributed by atoms with E-state index in [-0.39, 0.29) is 0 Å². The van der Waals surface area contributed by atoms with Gasteiger partial charge in [-0.1, -0.05) is 12.1 Å². The Bertz CT molecular complexity index is 734. The number of nitrogens with zero attached hydrogens (tertiary/aromatic N) is 4. The lowest BCUT2D eigenvalue weighted by molar-refractivity contribution is 0.414. The number of hydrogen-bond acceptors (Lipinski definition) is 5. The summed E-state index contributed by atoms with van der Waals surface area (Å²) in [4.78, 5) is 1.59. The van der Waals surface area contributed by atoms with E-state index in [1.165, 1.54) is 0 Å². The van der Waals surface area contributed by atoms with Crippen molar-refractivity contribution >= 4 is 5.69 Å². The van der Waals surface area contributed by atoms with Crippen LogP contribution >= 0.6 is 0 Å². The summed E-state index contributed by atoms with van der Waals surface area (Å²) in [6, 6.07) is 15.7. The SMILES string of the molecule is CNc1ccc(-c2nnn(Cc3ccc(OC)cc3)n2)cc1. The number of ether oxygens (including phenoxy) is 1. The standard InChI is InChI=1S/C16H17N5O/c1-17-14-7-5-13(6-8-14)16-18-20-21(19-16)11-12-3-9-15(22-2)10-4-12/h3-10,17H,11H2,1-2H3. The van der Waals surface area contributed by atoms with Crippen LogP contribution in [0.4, 0.5) is 5.69 Å². The van der Waals surface area contributed by atoms with Gasteiger partial charge in [0.15, 0.2) is 0 Å². The second kappa shape index (κ2) is 6.26. The molecule has 0 unspecified atom stereocenters. The van der Waals surface area contributed by atoms with E-state index in [2.05, 4.69) is 20.7 Å². The number of benzene rings is 2. The number of rotatable bonds is 5. The fourth-order valence-electron chi connectivity index (χ4n) is 2.11. The minimum atomic E-state index is 0.575. The molecule has 3 rings (SSSR count). The Kier molecular flexibility index (Phi) is 4.00. The molecule has 0 saturated carbocycles. The van der Waals surface area contributed by atoms with E-state index in [1.54, 1.807) is 11.9 Å². The van der Waals surface area contributed by atoms with Crippen LogP contribution in [0.2, 0.25) is 0 Å². The first-order valence-corrected chi connectivity index (χ1v) is 6.97. The third-order valence-electron chi connectivity index (χ3n) is 3.37. The van der Waals surface area contributed by atoms with Crippen molar-refractivity contribution in [2.45, 2.75) is 6.54 Å². The quantitative estimate of drug-likeness (QED) is 0.783. The highest BCUT2D eigenvalue weighted by atomic mass is 16.5. The number of nitrogens with one attached hydrogen (secondary N) is 1. The molecule has 112 valence electrons. The Hall–Kier alpha value is -2.89.